The Balaban J connectivity index is 1.69. The molecule has 5 heteroatoms. The van der Waals surface area contributed by atoms with Gasteiger partial charge in [-0.15, -0.1) is 11.3 Å². The molecule has 0 saturated carbocycles. The molecule has 118 valence electrons. The van der Waals surface area contributed by atoms with E-state index in [9.17, 15) is 4.79 Å². The molecule has 0 N–H and O–H groups in total. The highest BCUT2D eigenvalue weighted by molar-refractivity contribution is 9.10. The standard InChI is InChI=1S/C17H20BrNO2S/c1-3-15-11-19-17(22-15)10-13(20)5-4-8-21-14-6-7-16(18)12(2)9-14/h6-7,9,11H,3-5,8,10H2,1-2H3. The van der Waals surface area contributed by atoms with Crippen molar-refractivity contribution in [1.82, 2.24) is 4.98 Å². The summed E-state index contributed by atoms with van der Waals surface area (Å²) in [5.41, 5.74) is 1.14. The molecule has 0 amide bonds. The molecule has 0 spiro atoms. The zero-order valence-electron chi connectivity index (χ0n) is 12.9. The van der Waals surface area contributed by atoms with E-state index in [-0.39, 0.29) is 5.78 Å². The molecule has 0 bridgehead atoms. The van der Waals surface area contributed by atoms with Crippen LogP contribution < -0.4 is 4.74 Å². The summed E-state index contributed by atoms with van der Waals surface area (Å²) in [7, 11) is 0. The molecule has 0 unspecified atom stereocenters. The first kappa shape index (κ1) is 17.2. The Bertz CT molecular complexity index is 639. The van der Waals surface area contributed by atoms with Crippen molar-refractivity contribution in [2.45, 2.75) is 39.5 Å². The lowest BCUT2D eigenvalue weighted by atomic mass is 10.2. The molecule has 0 aliphatic carbocycles. The predicted octanol–water partition coefficient (Wildman–Crippen LogP) is 4.75. The second-order valence-corrected chi connectivity index (χ2v) is 7.21. The normalized spacial score (nSPS) is 10.7. The molecule has 0 radical (unpaired) electrons. The van der Waals surface area contributed by atoms with E-state index in [2.05, 4.69) is 27.8 Å². The first-order chi connectivity index (χ1) is 10.6. The molecule has 0 aliphatic heterocycles. The maximum absolute atomic E-state index is 11.9. The number of aryl methyl sites for hydroxylation is 2. The van der Waals surface area contributed by atoms with Gasteiger partial charge in [0, 0.05) is 22.0 Å². The Hall–Kier alpha value is -1.20. The molecule has 0 saturated heterocycles. The maximum atomic E-state index is 11.9. The molecule has 2 rings (SSSR count). The fourth-order valence-electron chi connectivity index (χ4n) is 2.02. The lowest BCUT2D eigenvalue weighted by Crippen LogP contribution is -2.06. The SMILES string of the molecule is CCc1cnc(CC(=O)CCCOc2ccc(Br)c(C)c2)s1. The predicted molar refractivity (Wildman–Crippen MR) is 93.8 cm³/mol. The van der Waals surface area contributed by atoms with E-state index in [1.165, 1.54) is 4.88 Å². The van der Waals surface area contributed by atoms with Crippen LogP contribution in [-0.2, 0) is 17.6 Å². The number of aromatic nitrogens is 1. The number of carbonyl (C=O) groups excluding carboxylic acids is 1. The van der Waals surface area contributed by atoms with Gasteiger partial charge in [0.05, 0.1) is 13.0 Å². The lowest BCUT2D eigenvalue weighted by molar-refractivity contribution is -0.118. The van der Waals surface area contributed by atoms with Crippen molar-refractivity contribution in [3.05, 3.63) is 44.3 Å². The van der Waals surface area contributed by atoms with Crippen molar-refractivity contribution in [2.24, 2.45) is 0 Å². The van der Waals surface area contributed by atoms with Gasteiger partial charge in [0.25, 0.3) is 0 Å². The quantitative estimate of drug-likeness (QED) is 0.619. The van der Waals surface area contributed by atoms with E-state index in [0.29, 0.717) is 19.4 Å². The zero-order valence-corrected chi connectivity index (χ0v) is 15.3. The van der Waals surface area contributed by atoms with Crippen LogP contribution in [0.3, 0.4) is 0 Å². The smallest absolute Gasteiger partial charge is 0.139 e. The minimum absolute atomic E-state index is 0.229. The van der Waals surface area contributed by atoms with Gasteiger partial charge >= 0.3 is 0 Å². The van der Waals surface area contributed by atoms with Crippen molar-refractivity contribution >= 4 is 33.0 Å². The first-order valence-corrected chi connectivity index (χ1v) is 9.03. The van der Waals surface area contributed by atoms with Crippen LogP contribution in [0.2, 0.25) is 0 Å². The van der Waals surface area contributed by atoms with E-state index >= 15 is 0 Å². The largest absolute Gasteiger partial charge is 0.494 e. The summed E-state index contributed by atoms with van der Waals surface area (Å²) in [5, 5.41) is 0.923. The second-order valence-electron chi connectivity index (χ2n) is 5.15. The number of ketones is 1. The highest BCUT2D eigenvalue weighted by atomic mass is 79.9. The number of nitrogens with zero attached hydrogens (tertiary/aromatic N) is 1. The molecular formula is C17H20BrNO2S. The van der Waals surface area contributed by atoms with Gasteiger partial charge in [-0.05, 0) is 43.5 Å². The molecule has 2 aromatic rings. The van der Waals surface area contributed by atoms with Crippen LogP contribution in [0.4, 0.5) is 0 Å². The van der Waals surface area contributed by atoms with Gasteiger partial charge in [0.1, 0.15) is 16.5 Å². The summed E-state index contributed by atoms with van der Waals surface area (Å²) in [6.07, 6.45) is 4.57. The Morgan fingerprint density at radius 2 is 2.23 bits per heavy atom. The highest BCUT2D eigenvalue weighted by Gasteiger charge is 2.08. The Morgan fingerprint density at radius 1 is 1.41 bits per heavy atom. The summed E-state index contributed by atoms with van der Waals surface area (Å²) in [4.78, 5) is 17.4. The molecule has 0 fully saturated rings. The van der Waals surface area contributed by atoms with Crippen molar-refractivity contribution in [3.8, 4) is 5.75 Å². The second kappa shape index (κ2) is 8.44. The van der Waals surface area contributed by atoms with Gasteiger partial charge in [-0.3, -0.25) is 4.79 Å². The fourth-order valence-corrected chi connectivity index (χ4v) is 3.15. The van der Waals surface area contributed by atoms with E-state index in [1.54, 1.807) is 11.3 Å². The molecule has 1 heterocycles. The monoisotopic (exact) mass is 381 g/mol. The van der Waals surface area contributed by atoms with Crippen molar-refractivity contribution in [3.63, 3.8) is 0 Å². The Morgan fingerprint density at radius 3 is 2.91 bits per heavy atom. The highest BCUT2D eigenvalue weighted by Crippen LogP contribution is 2.21. The van der Waals surface area contributed by atoms with Crippen LogP contribution in [0.25, 0.3) is 0 Å². The van der Waals surface area contributed by atoms with Crippen molar-refractivity contribution in [2.75, 3.05) is 6.61 Å². The third-order valence-electron chi connectivity index (χ3n) is 3.30. The number of benzene rings is 1. The van der Waals surface area contributed by atoms with Crippen LogP contribution in [0, 0.1) is 6.92 Å². The topological polar surface area (TPSA) is 39.2 Å². The fraction of sp³-hybridized carbons (Fsp3) is 0.412. The lowest BCUT2D eigenvalue weighted by Gasteiger charge is -2.07. The number of hydrogen-bond donors (Lipinski definition) is 0. The minimum Gasteiger partial charge on any atom is -0.494 e. The Labute approximate surface area is 143 Å². The number of carbonyl (C=O) groups is 1. The van der Waals surface area contributed by atoms with Crippen LogP contribution in [0.15, 0.2) is 28.9 Å². The van der Waals surface area contributed by atoms with Crippen LogP contribution in [0.1, 0.15) is 35.2 Å². The number of rotatable bonds is 8. The van der Waals surface area contributed by atoms with Gasteiger partial charge < -0.3 is 4.74 Å². The van der Waals surface area contributed by atoms with Gasteiger partial charge in [0.2, 0.25) is 0 Å². The zero-order chi connectivity index (χ0) is 15.9. The molecule has 0 aliphatic rings. The summed E-state index contributed by atoms with van der Waals surface area (Å²) in [5.74, 6) is 1.08. The molecule has 3 nitrogen and oxygen atoms in total. The van der Waals surface area contributed by atoms with Gasteiger partial charge in [0.15, 0.2) is 0 Å². The van der Waals surface area contributed by atoms with Gasteiger partial charge in [-0.2, -0.15) is 0 Å². The number of ether oxygens (including phenoxy) is 1. The number of thiazole rings is 1. The number of hydrogen-bond acceptors (Lipinski definition) is 4. The third kappa shape index (κ3) is 5.21. The maximum Gasteiger partial charge on any atom is 0.139 e. The molecular weight excluding hydrogens is 362 g/mol. The third-order valence-corrected chi connectivity index (χ3v) is 5.33. The number of Topliss-reactive ketones (excluding diaryl/α,β-unsaturated/α-hetero) is 1. The van der Waals surface area contributed by atoms with Crippen LogP contribution in [-0.4, -0.2) is 17.4 Å². The van der Waals surface area contributed by atoms with Gasteiger partial charge in [-0.1, -0.05) is 22.9 Å². The van der Waals surface area contributed by atoms with E-state index < -0.39 is 0 Å². The summed E-state index contributed by atoms with van der Waals surface area (Å²) >= 11 is 5.10. The van der Waals surface area contributed by atoms with Crippen molar-refractivity contribution in [1.29, 1.82) is 0 Å². The Kier molecular flexibility index (Phi) is 6.58. The average molecular weight is 382 g/mol. The van der Waals surface area contributed by atoms with Crippen molar-refractivity contribution < 1.29 is 9.53 Å². The molecule has 0 atom stereocenters. The van der Waals surface area contributed by atoms with E-state index in [4.69, 9.17) is 4.74 Å². The minimum atomic E-state index is 0.229. The van der Waals surface area contributed by atoms with Crippen LogP contribution in [0.5, 0.6) is 5.75 Å². The first-order valence-electron chi connectivity index (χ1n) is 7.42. The summed E-state index contributed by atoms with van der Waals surface area (Å²) < 4.78 is 6.75. The molecule has 1 aromatic heterocycles. The molecule has 22 heavy (non-hydrogen) atoms. The summed E-state index contributed by atoms with van der Waals surface area (Å²) in [6.45, 7) is 4.68. The van der Waals surface area contributed by atoms with Gasteiger partial charge in [-0.25, -0.2) is 4.98 Å². The van der Waals surface area contributed by atoms with E-state index in [0.717, 1.165) is 33.6 Å². The molecule has 1 aromatic carbocycles. The summed E-state index contributed by atoms with van der Waals surface area (Å²) in [6, 6.07) is 5.90. The average Bonchev–Trinajstić information content (AvgIpc) is 2.95. The van der Waals surface area contributed by atoms with E-state index in [1.807, 2.05) is 31.3 Å². The van der Waals surface area contributed by atoms with Crippen LogP contribution >= 0.6 is 27.3 Å². The number of halogens is 1.